The van der Waals surface area contributed by atoms with E-state index in [1.165, 1.54) is 132 Å². The Labute approximate surface area is 858 Å². The first-order valence-corrected chi connectivity index (χ1v) is 52.1. The number of halogens is 2. The molecule has 0 aromatic heterocycles. The Morgan fingerprint density at radius 3 is 1.04 bits per heavy atom. The van der Waals surface area contributed by atoms with Crippen LogP contribution in [0.5, 0.6) is 0 Å². The molecule has 0 bridgehead atoms. The number of carbonyl (C=O) groups excluding carboxylic acids is 6. The second kappa shape index (κ2) is 49.6. The summed E-state index contributed by atoms with van der Waals surface area (Å²) < 4.78 is 22.6. The van der Waals surface area contributed by atoms with Gasteiger partial charge in [0.05, 0.1) is 24.4 Å². The van der Waals surface area contributed by atoms with Gasteiger partial charge < -0.3 is 70.5 Å². The van der Waals surface area contributed by atoms with Crippen molar-refractivity contribution in [3.8, 4) is 0 Å². The van der Waals surface area contributed by atoms with E-state index in [-0.39, 0.29) is 129 Å². The lowest BCUT2D eigenvalue weighted by molar-refractivity contribution is -0.139. The van der Waals surface area contributed by atoms with Gasteiger partial charge >= 0.3 is 12.1 Å². The molecule has 4 atom stereocenters. The Morgan fingerprint density at radius 2 is 0.719 bits per heavy atom. The van der Waals surface area contributed by atoms with Crippen LogP contribution >= 0.6 is 45.1 Å². The quantitative estimate of drug-likeness (QED) is 0.0119. The molecule has 139 heavy (non-hydrogen) atoms. The molecule has 4 aromatic carbocycles. The SMILES string of the molecule is Br.C.C.C.C.CCO.CN(C)CCBr.COC1CCC2(CC1)Cc1ccc(CCC3CC3)cc1C21N=C(N)N(CCN(C)C)C1=O.COC1CCC2(CC1)Cc1ccc(CCC3CC3)cc1C21NC(=O)N(CCN(C)C)C1=O.COC1CCC2(CC1)Cc1ccc(CCC3CC3)cc1C21NC(=O)NC1=O.COC1CCC2(CC1)Cc1ccc(CCC3CC3)cc1C21NC(=S)N(CCN(C)C)C1=O.NO. The van der Waals surface area contributed by atoms with Crippen molar-refractivity contribution < 1.29 is 58.0 Å². The maximum Gasteiger partial charge on any atom is 0.325 e. The Hall–Kier alpha value is -6.42. The zero-order chi connectivity index (χ0) is 95.9. The molecule has 778 valence electrons. The van der Waals surface area contributed by atoms with Crippen LogP contribution in [-0.2, 0) is 112 Å². The molecule has 12 aliphatic carbocycles. The minimum Gasteiger partial charge on any atom is -0.397 e. The van der Waals surface area contributed by atoms with Crippen LogP contribution < -0.4 is 32.9 Å². The summed E-state index contributed by atoms with van der Waals surface area (Å²) in [6.45, 7) is 6.93. The van der Waals surface area contributed by atoms with Gasteiger partial charge in [0.25, 0.3) is 23.6 Å². The van der Waals surface area contributed by atoms with Gasteiger partial charge in [0, 0.05) is 108 Å². The van der Waals surface area contributed by atoms with Crippen molar-refractivity contribution in [1.29, 1.82) is 0 Å². The fourth-order valence-corrected chi connectivity index (χ4v) is 26.1. The molecular formula is C110H176Br2N14O12S. The zero-order valence-electron chi connectivity index (χ0n) is 83.3. The standard InChI is InChI=1S/C26H38N4O2.C26H37N3O3.C26H37N3O2S.C22H28N2O3.C4H10BrN.C2H6O.4CH4.BrH.H3NO/c1-29(2)14-15-30-23(31)26(28-24(30)27)22-16-19(7-6-18-4-5-18)8-9-20(22)17-25(26)12-10-21(32-3)11-13-25;1-28(2)14-15-29-23(30)26(27-24(29)31)22-16-19(7-6-18-4-5-18)8-9-20(22)17-25(26)12-10-21(32-3)11-13-25;1-28(2)14-15-29-23(30)26(27-24(29)32)22-16-19(7-6-18-4-5-18)8-9-20(22)17-25(26)12-10-21(31-3)11-13-25;1-27-17-8-10-21(11-9-17)13-16-7-6-15(5-4-14-2-3-14)12-18(16)22(21)19(25)23-20(26)24-22;1-6(2)4-3-5;1-2-3;;;;;;1-2/h8-9,16,18,21H,4-7,10-15,17H2,1-3H3,(H2,27,28);8-9,16,18,21H,4-7,10-15,17H2,1-3H3,(H,27,31);8-9,16,18,21H,4-7,10-15,17H2,1-3H3,(H,27,32);6-7,12,14,17H,2-5,8-11,13H2,1H3,(H2,23,24,25,26);3-4H2,1-2H3;3H,2H2,1H3;4*1H4;1H;2H,1H2. The van der Waals surface area contributed by atoms with Gasteiger partial charge in [0.2, 0.25) is 0 Å². The smallest absolute Gasteiger partial charge is 0.325 e. The molecule has 4 aliphatic heterocycles. The van der Waals surface area contributed by atoms with Gasteiger partial charge in [0.1, 0.15) is 0 Å². The lowest BCUT2D eigenvalue weighted by atomic mass is 9.61. The number of fused-ring (bicyclic) bond motifs is 12. The fraction of sp³-hybridized carbons (Fsp3) is 0.709. The minimum absolute atomic E-state index is 0. The lowest BCUT2D eigenvalue weighted by Crippen LogP contribution is -2.57. The van der Waals surface area contributed by atoms with E-state index in [9.17, 15) is 28.8 Å². The van der Waals surface area contributed by atoms with Crippen LogP contribution in [0.2, 0.25) is 0 Å². The van der Waals surface area contributed by atoms with Crippen molar-refractivity contribution in [3.63, 3.8) is 0 Å². The normalized spacial score (nSPS) is 29.3. The summed E-state index contributed by atoms with van der Waals surface area (Å²) >= 11 is 9.09. The monoisotopic (exact) mass is 2080 g/mol. The number of rotatable bonds is 27. The van der Waals surface area contributed by atoms with E-state index in [2.05, 4.69) is 145 Å². The number of hydrogen-bond acceptors (Lipinski definition) is 20. The maximum atomic E-state index is 14.3. The third kappa shape index (κ3) is 24.0. The molecule has 8 spiro atoms. The molecule has 16 aliphatic rings. The summed E-state index contributed by atoms with van der Waals surface area (Å²) in [5, 5.41) is 28.3. The topological polar surface area (TPSA) is 315 Å². The number of aryl methyl sites for hydroxylation is 4. The number of guanidine groups is 1. The number of aliphatic hydroxyl groups is 1. The molecular weight excluding hydrogens is 1900 g/mol. The van der Waals surface area contributed by atoms with E-state index in [4.69, 9.17) is 52.2 Å². The number of aliphatic hydroxyl groups excluding tert-OH is 1. The molecule has 8 saturated carbocycles. The third-order valence-corrected chi connectivity index (χ3v) is 34.3. The first-order valence-electron chi connectivity index (χ1n) is 50.6. The highest BCUT2D eigenvalue weighted by molar-refractivity contribution is 9.09. The molecule has 26 nitrogen and oxygen atoms in total. The van der Waals surface area contributed by atoms with Gasteiger partial charge in [-0.2, -0.15) is 0 Å². The van der Waals surface area contributed by atoms with Gasteiger partial charge in [-0.25, -0.2) is 20.5 Å². The Morgan fingerprint density at radius 1 is 0.424 bits per heavy atom. The molecule has 10 N–H and O–H groups in total. The average Bonchev–Trinajstić information content (AvgIpc) is 1.53. The molecule has 20 rings (SSSR count). The summed E-state index contributed by atoms with van der Waals surface area (Å²) in [6, 6.07) is 26.6. The van der Waals surface area contributed by atoms with Gasteiger partial charge in [-0.1, -0.05) is 170 Å². The van der Waals surface area contributed by atoms with Crippen molar-refractivity contribution in [2.24, 2.45) is 62.0 Å². The highest BCUT2D eigenvalue weighted by Gasteiger charge is 2.72. The second-order valence-corrected chi connectivity index (χ2v) is 44.4. The molecule has 4 unspecified atom stereocenters. The van der Waals surface area contributed by atoms with Crippen LogP contribution in [0.15, 0.2) is 77.8 Å². The molecule has 4 aromatic rings. The zero-order valence-corrected chi connectivity index (χ0v) is 87.4. The van der Waals surface area contributed by atoms with E-state index in [0.717, 1.165) is 219 Å². The molecule has 4 heterocycles. The van der Waals surface area contributed by atoms with Gasteiger partial charge in [0.15, 0.2) is 33.2 Å². The number of thiocarbonyl (C=S) groups is 1. The van der Waals surface area contributed by atoms with Crippen LogP contribution in [-0.4, -0.2) is 258 Å². The lowest BCUT2D eigenvalue weighted by Gasteiger charge is -2.46. The number of hydrogen-bond donors (Lipinski definition) is 8. The number of imide groups is 2. The molecule has 8 amide bonds. The number of benzene rings is 4. The van der Waals surface area contributed by atoms with E-state index in [1.54, 1.807) is 33.2 Å². The van der Waals surface area contributed by atoms with Crippen LogP contribution in [0.25, 0.3) is 0 Å². The number of aliphatic imine (C=N–C) groups is 1. The number of nitrogens with one attached hydrogen (secondary N) is 4. The van der Waals surface area contributed by atoms with E-state index < -0.39 is 22.2 Å². The van der Waals surface area contributed by atoms with Gasteiger partial charge in [-0.05, 0) is 346 Å². The van der Waals surface area contributed by atoms with Crippen molar-refractivity contribution in [2.75, 3.05) is 143 Å². The van der Waals surface area contributed by atoms with Crippen LogP contribution in [0, 0.1) is 45.3 Å². The number of amides is 8. The number of carbonyl (C=O) groups is 6. The van der Waals surface area contributed by atoms with Crippen LogP contribution in [0.3, 0.4) is 0 Å². The van der Waals surface area contributed by atoms with Crippen LogP contribution in [0.4, 0.5) is 9.59 Å². The summed E-state index contributed by atoms with van der Waals surface area (Å²) in [5.74, 6) is 7.51. The molecule has 3 saturated heterocycles. The Balaban J connectivity index is 0.000000198. The summed E-state index contributed by atoms with van der Waals surface area (Å²) in [6.07, 6.45) is 40.0. The van der Waals surface area contributed by atoms with Crippen LogP contribution in [0.1, 0.15) is 283 Å². The first-order chi connectivity index (χ1) is 64.4. The van der Waals surface area contributed by atoms with E-state index in [0.29, 0.717) is 43.4 Å². The van der Waals surface area contributed by atoms with Gasteiger partial charge in [-0.3, -0.25) is 39.2 Å². The number of alkyl halides is 1. The number of nitrogens with zero attached hydrogens (tertiary/aromatic N) is 8. The molecule has 0 radical (unpaired) electrons. The van der Waals surface area contributed by atoms with Crippen molar-refractivity contribution in [1.82, 2.24) is 55.6 Å². The summed E-state index contributed by atoms with van der Waals surface area (Å²) in [4.78, 5) is 99.6. The third-order valence-electron chi connectivity index (χ3n) is 33.7. The second-order valence-electron chi connectivity index (χ2n) is 43.3. The van der Waals surface area contributed by atoms with E-state index >= 15 is 0 Å². The highest BCUT2D eigenvalue weighted by Crippen LogP contribution is 2.66. The predicted molar refractivity (Wildman–Crippen MR) is 570 cm³/mol. The minimum atomic E-state index is -0.931. The summed E-state index contributed by atoms with van der Waals surface area (Å²) in [7, 11) is 23.3. The van der Waals surface area contributed by atoms with Gasteiger partial charge in [-0.15, -0.1) is 17.0 Å². The van der Waals surface area contributed by atoms with Crippen molar-refractivity contribution in [2.45, 2.75) is 314 Å². The maximum absolute atomic E-state index is 14.3. The molecule has 11 fully saturated rings. The Bertz CT molecular complexity index is 4660. The predicted octanol–water partition coefficient (Wildman–Crippen LogP) is 16.8. The average molecular weight is 2080 g/mol. The fourth-order valence-electron chi connectivity index (χ4n) is 25.1. The highest BCUT2D eigenvalue weighted by atomic mass is 79.9. The largest absolute Gasteiger partial charge is 0.397 e. The number of likely N-dealkylation sites (N-methyl/N-ethyl adjacent to an activating group) is 3. The Kier molecular flexibility index (Phi) is 41.5. The first kappa shape index (κ1) is 116. The number of ether oxygens (including phenoxy) is 4. The van der Waals surface area contributed by atoms with E-state index in [1.807, 2.05) is 59.2 Å². The number of nitrogens with two attached hydrogens (primary N) is 2. The summed E-state index contributed by atoms with van der Waals surface area (Å²) in [5.41, 5.74) is 17.0. The van der Waals surface area contributed by atoms with Crippen molar-refractivity contribution >= 4 is 91.9 Å². The van der Waals surface area contributed by atoms with Crippen molar-refractivity contribution in [3.05, 3.63) is 140 Å². The molecule has 29 heteroatoms. The number of methoxy groups -OCH3 is 4. The number of urea groups is 2.